The second-order valence-electron chi connectivity index (χ2n) is 5.58. The molecule has 0 aromatic rings. The van der Waals surface area contributed by atoms with Crippen molar-refractivity contribution in [2.75, 3.05) is 7.05 Å². The number of hydrogen-bond acceptors (Lipinski definition) is 4. The standard InChI is InChI=1S/C13H18N2O5/c1-15-10(17)6-8(11(15)18)14-9(16)7-13(12(19)20)4-2-3-5-13/h8H,2-7H2,1H3,(H,14,16)(H,19,20). The number of hydrogen-bond donors (Lipinski definition) is 2. The van der Waals surface area contributed by atoms with E-state index in [1.807, 2.05) is 0 Å². The van der Waals surface area contributed by atoms with Crippen LogP contribution in [0, 0.1) is 5.41 Å². The largest absolute Gasteiger partial charge is 0.481 e. The zero-order chi connectivity index (χ0) is 14.9. The number of amides is 3. The fourth-order valence-electron chi connectivity index (χ4n) is 2.94. The number of likely N-dealkylation sites (tertiary alicyclic amines) is 1. The summed E-state index contributed by atoms with van der Waals surface area (Å²) >= 11 is 0. The average Bonchev–Trinajstić information content (AvgIpc) is 2.93. The van der Waals surface area contributed by atoms with Gasteiger partial charge in [0.2, 0.25) is 11.8 Å². The van der Waals surface area contributed by atoms with Gasteiger partial charge in [0, 0.05) is 13.5 Å². The highest BCUT2D eigenvalue weighted by molar-refractivity contribution is 6.06. The number of carboxylic acids is 1. The lowest BCUT2D eigenvalue weighted by molar-refractivity contribution is -0.151. The maximum absolute atomic E-state index is 12.0. The Balaban J connectivity index is 1.97. The molecule has 1 atom stereocenters. The summed E-state index contributed by atoms with van der Waals surface area (Å²) in [6.07, 6.45) is 2.36. The van der Waals surface area contributed by atoms with Gasteiger partial charge in [0.25, 0.3) is 5.91 Å². The Morgan fingerprint density at radius 3 is 2.40 bits per heavy atom. The Kier molecular flexibility index (Phi) is 3.78. The summed E-state index contributed by atoms with van der Waals surface area (Å²) in [4.78, 5) is 47.3. The second kappa shape index (κ2) is 5.22. The van der Waals surface area contributed by atoms with Gasteiger partial charge in [-0.25, -0.2) is 0 Å². The molecule has 0 aromatic heterocycles. The van der Waals surface area contributed by atoms with Crippen LogP contribution in [-0.2, 0) is 19.2 Å². The predicted molar refractivity (Wildman–Crippen MR) is 67.5 cm³/mol. The summed E-state index contributed by atoms with van der Waals surface area (Å²) in [6, 6.07) is -0.854. The van der Waals surface area contributed by atoms with Gasteiger partial charge in [-0.1, -0.05) is 12.8 Å². The maximum atomic E-state index is 12.0. The quantitative estimate of drug-likeness (QED) is 0.700. The Hall–Kier alpha value is -1.92. The average molecular weight is 282 g/mol. The number of aliphatic carboxylic acids is 1. The highest BCUT2D eigenvalue weighted by atomic mass is 16.4. The summed E-state index contributed by atoms with van der Waals surface area (Å²) in [5.74, 6) is -2.22. The van der Waals surface area contributed by atoms with Crippen molar-refractivity contribution in [3.05, 3.63) is 0 Å². The summed E-state index contributed by atoms with van der Waals surface area (Å²) in [6.45, 7) is 0. The van der Waals surface area contributed by atoms with Crippen LogP contribution in [0.4, 0.5) is 0 Å². The fourth-order valence-corrected chi connectivity index (χ4v) is 2.94. The Morgan fingerprint density at radius 2 is 1.95 bits per heavy atom. The Labute approximate surface area is 116 Å². The molecule has 1 saturated carbocycles. The zero-order valence-corrected chi connectivity index (χ0v) is 11.3. The molecule has 20 heavy (non-hydrogen) atoms. The van der Waals surface area contributed by atoms with Crippen LogP contribution >= 0.6 is 0 Å². The van der Waals surface area contributed by atoms with E-state index in [9.17, 15) is 24.3 Å². The van der Waals surface area contributed by atoms with Crippen LogP contribution in [0.1, 0.15) is 38.5 Å². The molecule has 2 N–H and O–H groups in total. The van der Waals surface area contributed by atoms with Crippen molar-refractivity contribution < 1.29 is 24.3 Å². The number of likely N-dealkylation sites (N-methyl/N-ethyl adjacent to an activating group) is 1. The van der Waals surface area contributed by atoms with Gasteiger partial charge in [0.05, 0.1) is 11.8 Å². The lowest BCUT2D eigenvalue weighted by Gasteiger charge is -2.23. The number of carboxylic acid groups (broad SMARTS) is 1. The second-order valence-corrected chi connectivity index (χ2v) is 5.58. The molecule has 2 aliphatic rings. The molecule has 0 spiro atoms. The van der Waals surface area contributed by atoms with Gasteiger partial charge in [-0.3, -0.25) is 24.1 Å². The smallest absolute Gasteiger partial charge is 0.310 e. The first-order chi connectivity index (χ1) is 9.35. The van der Waals surface area contributed by atoms with Crippen molar-refractivity contribution in [1.29, 1.82) is 0 Å². The number of nitrogens with one attached hydrogen (secondary N) is 1. The summed E-state index contributed by atoms with van der Waals surface area (Å²) in [5.41, 5.74) is -1.01. The van der Waals surface area contributed by atoms with Gasteiger partial charge in [-0.15, -0.1) is 0 Å². The highest BCUT2D eigenvalue weighted by Crippen LogP contribution is 2.41. The van der Waals surface area contributed by atoms with Crippen molar-refractivity contribution in [3.63, 3.8) is 0 Å². The minimum atomic E-state index is -1.01. The fraction of sp³-hybridized carbons (Fsp3) is 0.692. The van der Waals surface area contributed by atoms with Crippen LogP contribution in [0.3, 0.4) is 0 Å². The lowest BCUT2D eigenvalue weighted by atomic mass is 9.82. The third-order valence-electron chi connectivity index (χ3n) is 4.23. The molecule has 1 unspecified atom stereocenters. The molecule has 7 nitrogen and oxygen atoms in total. The van der Waals surface area contributed by atoms with Gasteiger partial charge >= 0.3 is 5.97 Å². The van der Waals surface area contributed by atoms with E-state index in [2.05, 4.69) is 5.32 Å². The Bertz CT molecular complexity index is 467. The van der Waals surface area contributed by atoms with Gasteiger partial charge in [0.15, 0.2) is 0 Å². The Morgan fingerprint density at radius 1 is 1.35 bits per heavy atom. The lowest BCUT2D eigenvalue weighted by Crippen LogP contribution is -2.43. The molecule has 2 fully saturated rings. The van der Waals surface area contributed by atoms with Gasteiger partial charge in [-0.05, 0) is 12.8 Å². The molecule has 1 heterocycles. The number of imide groups is 1. The molecule has 1 aliphatic carbocycles. The molecule has 1 aliphatic heterocycles. The number of carbonyl (C=O) groups excluding carboxylic acids is 3. The topological polar surface area (TPSA) is 104 Å². The van der Waals surface area contributed by atoms with Crippen molar-refractivity contribution in [1.82, 2.24) is 10.2 Å². The van der Waals surface area contributed by atoms with Gasteiger partial charge in [0.1, 0.15) is 6.04 Å². The zero-order valence-electron chi connectivity index (χ0n) is 11.3. The van der Waals surface area contributed by atoms with Gasteiger partial charge in [-0.2, -0.15) is 0 Å². The third kappa shape index (κ3) is 2.52. The molecule has 3 amide bonds. The van der Waals surface area contributed by atoms with Crippen molar-refractivity contribution in [2.24, 2.45) is 5.41 Å². The van der Waals surface area contributed by atoms with E-state index in [0.29, 0.717) is 12.8 Å². The first-order valence-electron chi connectivity index (χ1n) is 6.69. The molecule has 0 bridgehead atoms. The van der Waals surface area contributed by atoms with E-state index in [1.165, 1.54) is 7.05 Å². The summed E-state index contributed by atoms with van der Waals surface area (Å²) in [5, 5.41) is 11.8. The van der Waals surface area contributed by atoms with Crippen LogP contribution in [0.5, 0.6) is 0 Å². The van der Waals surface area contributed by atoms with E-state index in [1.54, 1.807) is 0 Å². The van der Waals surface area contributed by atoms with E-state index in [-0.39, 0.29) is 18.7 Å². The predicted octanol–water partition coefficient (Wildman–Crippen LogP) is -0.105. The molecule has 0 radical (unpaired) electrons. The summed E-state index contributed by atoms with van der Waals surface area (Å²) < 4.78 is 0. The van der Waals surface area contributed by atoms with Crippen LogP contribution in [0.25, 0.3) is 0 Å². The monoisotopic (exact) mass is 282 g/mol. The normalized spacial score (nSPS) is 25.1. The number of carbonyl (C=O) groups is 4. The van der Waals surface area contributed by atoms with E-state index in [4.69, 9.17) is 0 Å². The van der Waals surface area contributed by atoms with Crippen LogP contribution in [0.2, 0.25) is 0 Å². The highest BCUT2D eigenvalue weighted by Gasteiger charge is 2.44. The summed E-state index contributed by atoms with van der Waals surface area (Å²) in [7, 11) is 1.37. The maximum Gasteiger partial charge on any atom is 0.310 e. The first kappa shape index (κ1) is 14.5. The molecule has 0 aromatic carbocycles. The molecular weight excluding hydrogens is 264 g/mol. The van der Waals surface area contributed by atoms with E-state index < -0.39 is 29.2 Å². The minimum Gasteiger partial charge on any atom is -0.481 e. The molecule has 110 valence electrons. The number of rotatable bonds is 4. The van der Waals surface area contributed by atoms with Crippen molar-refractivity contribution in [2.45, 2.75) is 44.6 Å². The molecule has 2 rings (SSSR count). The van der Waals surface area contributed by atoms with Crippen LogP contribution < -0.4 is 5.32 Å². The van der Waals surface area contributed by atoms with E-state index in [0.717, 1.165) is 17.7 Å². The van der Waals surface area contributed by atoms with E-state index >= 15 is 0 Å². The van der Waals surface area contributed by atoms with Crippen LogP contribution in [0.15, 0.2) is 0 Å². The first-order valence-corrected chi connectivity index (χ1v) is 6.69. The van der Waals surface area contributed by atoms with Crippen LogP contribution in [-0.4, -0.2) is 46.8 Å². The molecular formula is C13H18N2O5. The minimum absolute atomic E-state index is 0.0544. The number of nitrogens with zero attached hydrogens (tertiary/aromatic N) is 1. The molecule has 7 heteroatoms. The van der Waals surface area contributed by atoms with Gasteiger partial charge < -0.3 is 10.4 Å². The molecule has 1 saturated heterocycles. The van der Waals surface area contributed by atoms with Crippen molar-refractivity contribution >= 4 is 23.7 Å². The SMILES string of the molecule is CN1C(=O)CC(NC(=O)CC2(C(=O)O)CCCC2)C1=O. The third-order valence-corrected chi connectivity index (χ3v) is 4.23. The van der Waals surface area contributed by atoms with Crippen molar-refractivity contribution in [3.8, 4) is 0 Å².